The molecule has 0 aromatic carbocycles. The summed E-state index contributed by atoms with van der Waals surface area (Å²) in [5, 5.41) is 119. The van der Waals surface area contributed by atoms with Crippen molar-refractivity contribution < 1.29 is 89.4 Å². The predicted octanol–water partition coefficient (Wildman–Crippen LogP) is -0.0852. The number of carbonyl (C=O) groups excluding carboxylic acids is 1. The number of allylic oxidation sites excluding steroid dienone is 1. The summed E-state index contributed by atoms with van der Waals surface area (Å²) in [5.41, 5.74) is 0. The van der Waals surface area contributed by atoms with Gasteiger partial charge in [0.25, 0.3) is 0 Å². The summed E-state index contributed by atoms with van der Waals surface area (Å²) < 4.78 is 33.9. The summed E-state index contributed by atoms with van der Waals surface area (Å²) >= 11 is 0. The molecule has 19 heteroatoms. The minimum absolute atomic E-state index is 0.236. The van der Waals surface area contributed by atoms with Crippen molar-refractivity contribution in [3.05, 3.63) is 12.2 Å². The highest BCUT2D eigenvalue weighted by atomic mass is 16.8. The highest BCUT2D eigenvalue weighted by Crippen LogP contribution is 2.33. The molecule has 0 aromatic rings. The minimum Gasteiger partial charge on any atom is -0.394 e. The van der Waals surface area contributed by atoms with E-state index in [1.54, 1.807) is 6.08 Å². The molecule has 3 rings (SSSR count). The number of amides is 1. The zero-order valence-electron chi connectivity index (χ0n) is 37.3. The van der Waals surface area contributed by atoms with Crippen LogP contribution in [0.2, 0.25) is 0 Å². The molecule has 3 fully saturated rings. The van der Waals surface area contributed by atoms with E-state index in [4.69, 9.17) is 28.4 Å². The normalized spacial score (nSPS) is 34.9. The Morgan fingerprint density at radius 2 is 0.984 bits per heavy atom. The van der Waals surface area contributed by atoms with Crippen molar-refractivity contribution in [1.82, 2.24) is 5.32 Å². The Morgan fingerprint density at radius 1 is 0.556 bits per heavy atom. The van der Waals surface area contributed by atoms with Crippen LogP contribution in [0.4, 0.5) is 0 Å². The van der Waals surface area contributed by atoms with Crippen LogP contribution < -0.4 is 5.32 Å². The highest BCUT2D eigenvalue weighted by Gasteiger charge is 2.53. The number of hydrogen-bond donors (Lipinski definition) is 12. The maximum absolute atomic E-state index is 12.9. The summed E-state index contributed by atoms with van der Waals surface area (Å²) in [7, 11) is 0. The van der Waals surface area contributed by atoms with E-state index in [0.717, 1.165) is 44.9 Å². The van der Waals surface area contributed by atoms with Gasteiger partial charge in [0.15, 0.2) is 18.9 Å². The lowest BCUT2D eigenvalue weighted by molar-refractivity contribution is -0.379. The standard InChI is InChI=1S/C44H81NO18/c1-3-5-7-9-10-11-12-13-14-15-16-17-18-19-21-28(49)27(45-32(50)22-20-8-6-4-2)26-58-42-38(56)35(53)40(30(24-47)60-42)63-44-39(57)36(54)41(31(25-48)61-44)62-43-37(55)34(52)33(51)29(23-46)59-43/h19,21,27-31,33-44,46-49,51-57H,3-18,20,22-26H2,1-2H3,(H,45,50)/b21-19+. The van der Waals surface area contributed by atoms with E-state index in [1.807, 2.05) is 6.08 Å². The van der Waals surface area contributed by atoms with E-state index >= 15 is 0 Å². The number of unbranched alkanes of at least 4 members (excludes halogenated alkanes) is 15. The molecule has 17 atom stereocenters. The fourth-order valence-corrected chi connectivity index (χ4v) is 8.07. The molecule has 370 valence electrons. The average Bonchev–Trinajstić information content (AvgIpc) is 3.28. The van der Waals surface area contributed by atoms with E-state index in [9.17, 15) is 61.0 Å². The SMILES string of the molecule is CCCCCCCCCCCCCC/C=C/C(O)C(COC1OC(CO)C(OC2OC(CO)C(OC3OC(CO)C(O)C(O)C3O)C(O)C2O)C(O)C1O)NC(=O)CCCCCC. The van der Waals surface area contributed by atoms with Crippen LogP contribution in [0.1, 0.15) is 129 Å². The molecule has 19 nitrogen and oxygen atoms in total. The van der Waals surface area contributed by atoms with Gasteiger partial charge in [0.05, 0.1) is 38.6 Å². The zero-order valence-corrected chi connectivity index (χ0v) is 37.3. The Hall–Kier alpha value is -1.47. The van der Waals surface area contributed by atoms with Gasteiger partial charge in [0, 0.05) is 6.42 Å². The Bertz CT molecular complexity index is 1230. The molecule has 3 saturated heterocycles. The molecule has 0 aliphatic carbocycles. The lowest BCUT2D eigenvalue weighted by atomic mass is 9.96. The Labute approximate surface area is 372 Å². The molecule has 17 unspecified atom stereocenters. The van der Waals surface area contributed by atoms with Gasteiger partial charge in [-0.1, -0.05) is 116 Å². The van der Waals surface area contributed by atoms with Crippen molar-refractivity contribution in [3.8, 4) is 0 Å². The van der Waals surface area contributed by atoms with Crippen molar-refractivity contribution >= 4 is 5.91 Å². The van der Waals surface area contributed by atoms with Crippen LogP contribution in [0.3, 0.4) is 0 Å². The molecule has 12 N–H and O–H groups in total. The fraction of sp³-hybridized carbons (Fsp3) is 0.932. The number of aliphatic hydroxyl groups excluding tert-OH is 11. The van der Waals surface area contributed by atoms with Gasteiger partial charge in [-0.05, 0) is 19.3 Å². The Kier molecular flexibility index (Phi) is 27.3. The maximum atomic E-state index is 12.9. The van der Waals surface area contributed by atoms with Crippen LogP contribution in [0.15, 0.2) is 12.2 Å². The third-order valence-corrected chi connectivity index (χ3v) is 12.1. The molecule has 1 amide bonds. The Morgan fingerprint density at radius 3 is 1.49 bits per heavy atom. The van der Waals surface area contributed by atoms with Crippen LogP contribution in [0.5, 0.6) is 0 Å². The maximum Gasteiger partial charge on any atom is 0.220 e. The molecule has 0 bridgehead atoms. The largest absolute Gasteiger partial charge is 0.394 e. The predicted molar refractivity (Wildman–Crippen MR) is 227 cm³/mol. The van der Waals surface area contributed by atoms with Crippen LogP contribution in [-0.2, 0) is 33.2 Å². The second kappa shape index (κ2) is 30.7. The van der Waals surface area contributed by atoms with E-state index in [-0.39, 0.29) is 18.9 Å². The molecule has 0 saturated carbocycles. The lowest BCUT2D eigenvalue weighted by Gasteiger charge is -2.48. The number of aliphatic hydroxyl groups is 11. The van der Waals surface area contributed by atoms with Gasteiger partial charge in [-0.15, -0.1) is 0 Å². The van der Waals surface area contributed by atoms with Crippen molar-refractivity contribution in [2.45, 2.75) is 234 Å². The number of hydrogen-bond acceptors (Lipinski definition) is 18. The first-order valence-electron chi connectivity index (χ1n) is 23.4. The summed E-state index contributed by atoms with van der Waals surface area (Å²) in [6, 6.07) is -0.961. The van der Waals surface area contributed by atoms with Gasteiger partial charge >= 0.3 is 0 Å². The van der Waals surface area contributed by atoms with Gasteiger partial charge in [-0.2, -0.15) is 0 Å². The smallest absolute Gasteiger partial charge is 0.220 e. The first-order chi connectivity index (χ1) is 30.3. The van der Waals surface area contributed by atoms with Gasteiger partial charge in [0.1, 0.15) is 73.2 Å². The second-order valence-electron chi connectivity index (χ2n) is 17.2. The highest BCUT2D eigenvalue weighted by molar-refractivity contribution is 5.76. The van der Waals surface area contributed by atoms with Crippen LogP contribution >= 0.6 is 0 Å². The lowest BCUT2D eigenvalue weighted by Crippen LogP contribution is -2.66. The molecule has 0 radical (unpaired) electrons. The number of rotatable bonds is 31. The summed E-state index contributed by atoms with van der Waals surface area (Å²) in [6.45, 7) is 1.53. The molecular weight excluding hydrogens is 830 g/mol. The fourth-order valence-electron chi connectivity index (χ4n) is 8.07. The van der Waals surface area contributed by atoms with Gasteiger partial charge < -0.3 is 89.9 Å². The van der Waals surface area contributed by atoms with Crippen molar-refractivity contribution in [1.29, 1.82) is 0 Å². The molecule has 0 spiro atoms. The monoisotopic (exact) mass is 912 g/mol. The second-order valence-corrected chi connectivity index (χ2v) is 17.2. The van der Waals surface area contributed by atoms with Crippen molar-refractivity contribution in [2.24, 2.45) is 0 Å². The third kappa shape index (κ3) is 17.9. The van der Waals surface area contributed by atoms with E-state index in [2.05, 4.69) is 19.2 Å². The third-order valence-electron chi connectivity index (χ3n) is 12.1. The van der Waals surface area contributed by atoms with Gasteiger partial charge in [-0.3, -0.25) is 4.79 Å². The van der Waals surface area contributed by atoms with E-state index in [0.29, 0.717) is 6.42 Å². The summed E-state index contributed by atoms with van der Waals surface area (Å²) in [6.07, 6.45) is -4.03. The van der Waals surface area contributed by atoms with E-state index in [1.165, 1.54) is 57.8 Å². The van der Waals surface area contributed by atoms with Crippen molar-refractivity contribution in [3.63, 3.8) is 0 Å². The minimum atomic E-state index is -1.97. The summed E-state index contributed by atoms with van der Waals surface area (Å²) in [5.74, 6) is -0.296. The van der Waals surface area contributed by atoms with Gasteiger partial charge in [-0.25, -0.2) is 0 Å². The number of carbonyl (C=O) groups is 1. The number of nitrogens with one attached hydrogen (secondary N) is 1. The van der Waals surface area contributed by atoms with Crippen LogP contribution in [0, 0.1) is 0 Å². The molecule has 3 aliphatic heterocycles. The summed E-state index contributed by atoms with van der Waals surface area (Å²) in [4.78, 5) is 12.9. The zero-order chi connectivity index (χ0) is 46.3. The topological polar surface area (TPSA) is 307 Å². The van der Waals surface area contributed by atoms with Gasteiger partial charge in [0.2, 0.25) is 5.91 Å². The van der Waals surface area contributed by atoms with Crippen molar-refractivity contribution in [2.75, 3.05) is 26.4 Å². The first kappa shape index (κ1) is 55.9. The Balaban J connectivity index is 1.56. The average molecular weight is 912 g/mol. The molecule has 0 aromatic heterocycles. The molecule has 3 aliphatic rings. The number of ether oxygens (including phenoxy) is 6. The molecule has 63 heavy (non-hydrogen) atoms. The molecule has 3 heterocycles. The van der Waals surface area contributed by atoms with Crippen LogP contribution in [0.25, 0.3) is 0 Å². The quantitative estimate of drug-likeness (QED) is 0.0320. The van der Waals surface area contributed by atoms with E-state index < -0.39 is 124 Å². The first-order valence-corrected chi connectivity index (χ1v) is 23.4. The van der Waals surface area contributed by atoms with Crippen LogP contribution in [-0.4, -0.2) is 193 Å². The molecular formula is C44H81NO18.